The topological polar surface area (TPSA) is 55.1 Å². The number of anilines is 1. The zero-order valence-corrected chi connectivity index (χ0v) is 12.9. The Labute approximate surface area is 127 Å². The van der Waals surface area contributed by atoms with Gasteiger partial charge < -0.3 is 11.1 Å². The van der Waals surface area contributed by atoms with E-state index >= 15 is 0 Å². The standard InChI is InChI=1S/C16H17BrN2O/c1-11-13(17)8-5-9-15(11)19-16(20)14(18)10-12-6-3-2-4-7-12/h2-9,14H,10,18H2,1H3,(H,19,20)/t14-/m1/s1. The molecule has 0 fully saturated rings. The molecule has 0 spiro atoms. The van der Waals surface area contributed by atoms with E-state index in [1.165, 1.54) is 0 Å². The van der Waals surface area contributed by atoms with Gasteiger partial charge in [0.05, 0.1) is 6.04 Å². The Morgan fingerprint density at radius 3 is 2.60 bits per heavy atom. The molecule has 20 heavy (non-hydrogen) atoms. The highest BCUT2D eigenvalue weighted by Gasteiger charge is 2.15. The van der Waals surface area contributed by atoms with E-state index in [1.807, 2.05) is 55.5 Å². The van der Waals surface area contributed by atoms with E-state index in [2.05, 4.69) is 21.2 Å². The summed E-state index contributed by atoms with van der Waals surface area (Å²) in [5.41, 5.74) is 8.80. The molecule has 4 heteroatoms. The maximum Gasteiger partial charge on any atom is 0.241 e. The summed E-state index contributed by atoms with van der Waals surface area (Å²) in [4.78, 5) is 12.1. The monoisotopic (exact) mass is 332 g/mol. The van der Waals surface area contributed by atoms with Crippen LogP contribution in [0.25, 0.3) is 0 Å². The number of nitrogens with two attached hydrogens (primary N) is 1. The second-order valence-electron chi connectivity index (χ2n) is 4.70. The molecule has 2 aromatic rings. The van der Waals surface area contributed by atoms with E-state index in [1.54, 1.807) is 0 Å². The van der Waals surface area contributed by atoms with Crippen molar-refractivity contribution in [2.45, 2.75) is 19.4 Å². The fourth-order valence-corrected chi connectivity index (χ4v) is 2.30. The van der Waals surface area contributed by atoms with Crippen molar-refractivity contribution in [2.24, 2.45) is 5.73 Å². The van der Waals surface area contributed by atoms with Gasteiger partial charge in [0.15, 0.2) is 0 Å². The lowest BCUT2D eigenvalue weighted by molar-refractivity contribution is -0.117. The third-order valence-corrected chi connectivity index (χ3v) is 4.02. The van der Waals surface area contributed by atoms with Gasteiger partial charge in [0.25, 0.3) is 0 Å². The minimum atomic E-state index is -0.559. The van der Waals surface area contributed by atoms with Crippen LogP contribution >= 0.6 is 15.9 Å². The van der Waals surface area contributed by atoms with Crippen molar-refractivity contribution in [1.29, 1.82) is 0 Å². The number of nitrogens with one attached hydrogen (secondary N) is 1. The average molecular weight is 333 g/mol. The molecule has 3 nitrogen and oxygen atoms in total. The van der Waals surface area contributed by atoms with Crippen LogP contribution in [0.4, 0.5) is 5.69 Å². The van der Waals surface area contributed by atoms with Gasteiger partial charge in [-0.3, -0.25) is 4.79 Å². The molecule has 1 amide bonds. The van der Waals surface area contributed by atoms with Crippen molar-refractivity contribution in [3.05, 3.63) is 64.1 Å². The number of rotatable bonds is 4. The van der Waals surface area contributed by atoms with E-state index in [4.69, 9.17) is 5.73 Å². The van der Waals surface area contributed by atoms with Crippen LogP contribution in [-0.2, 0) is 11.2 Å². The maximum atomic E-state index is 12.1. The van der Waals surface area contributed by atoms with E-state index in [9.17, 15) is 4.79 Å². The van der Waals surface area contributed by atoms with Gasteiger partial charge in [0.2, 0.25) is 5.91 Å². The smallest absolute Gasteiger partial charge is 0.241 e. The molecular weight excluding hydrogens is 316 g/mol. The lowest BCUT2D eigenvalue weighted by Crippen LogP contribution is -2.37. The minimum Gasteiger partial charge on any atom is -0.324 e. The van der Waals surface area contributed by atoms with Gasteiger partial charge in [-0.1, -0.05) is 52.3 Å². The van der Waals surface area contributed by atoms with Crippen LogP contribution in [-0.4, -0.2) is 11.9 Å². The highest BCUT2D eigenvalue weighted by Crippen LogP contribution is 2.23. The first-order chi connectivity index (χ1) is 9.58. The fraction of sp³-hybridized carbons (Fsp3) is 0.188. The summed E-state index contributed by atoms with van der Waals surface area (Å²) < 4.78 is 0.965. The molecule has 0 bridgehead atoms. The Balaban J connectivity index is 2.03. The lowest BCUT2D eigenvalue weighted by Gasteiger charge is -2.14. The summed E-state index contributed by atoms with van der Waals surface area (Å²) in [6.45, 7) is 1.95. The summed E-state index contributed by atoms with van der Waals surface area (Å²) in [6, 6.07) is 14.9. The van der Waals surface area contributed by atoms with Crippen molar-refractivity contribution < 1.29 is 4.79 Å². The number of halogens is 1. The lowest BCUT2D eigenvalue weighted by atomic mass is 10.1. The van der Waals surface area contributed by atoms with Crippen molar-refractivity contribution in [2.75, 3.05) is 5.32 Å². The number of amides is 1. The zero-order valence-electron chi connectivity index (χ0n) is 11.3. The Bertz CT molecular complexity index is 599. The molecule has 0 radical (unpaired) electrons. The average Bonchev–Trinajstić information content (AvgIpc) is 2.45. The summed E-state index contributed by atoms with van der Waals surface area (Å²) in [7, 11) is 0. The number of hydrogen-bond donors (Lipinski definition) is 2. The predicted octanol–water partition coefficient (Wildman–Crippen LogP) is 3.27. The molecule has 0 heterocycles. The largest absolute Gasteiger partial charge is 0.324 e. The summed E-state index contributed by atoms with van der Waals surface area (Å²) in [6.07, 6.45) is 0.528. The van der Waals surface area contributed by atoms with Gasteiger partial charge in [-0.2, -0.15) is 0 Å². The molecule has 0 aromatic heterocycles. The SMILES string of the molecule is Cc1c(Br)cccc1NC(=O)[C@H](N)Cc1ccccc1. The summed E-state index contributed by atoms with van der Waals surface area (Å²) >= 11 is 3.44. The first-order valence-electron chi connectivity index (χ1n) is 6.43. The highest BCUT2D eigenvalue weighted by atomic mass is 79.9. The molecule has 1 atom stereocenters. The molecule has 0 unspecified atom stereocenters. The quantitative estimate of drug-likeness (QED) is 0.902. The summed E-state index contributed by atoms with van der Waals surface area (Å²) in [5, 5.41) is 2.88. The Hall–Kier alpha value is -1.65. The van der Waals surface area contributed by atoms with Crippen molar-refractivity contribution in [3.63, 3.8) is 0 Å². The Morgan fingerprint density at radius 2 is 1.90 bits per heavy atom. The van der Waals surface area contributed by atoms with Gasteiger partial charge in [0.1, 0.15) is 0 Å². The molecule has 0 saturated carbocycles. The molecule has 0 aliphatic rings. The van der Waals surface area contributed by atoms with E-state index in [0.717, 1.165) is 21.3 Å². The van der Waals surface area contributed by atoms with Crippen LogP contribution in [0.2, 0.25) is 0 Å². The van der Waals surface area contributed by atoms with Crippen molar-refractivity contribution in [1.82, 2.24) is 0 Å². The van der Waals surface area contributed by atoms with Crippen LogP contribution in [0.3, 0.4) is 0 Å². The molecule has 0 aliphatic carbocycles. The van der Waals surface area contributed by atoms with Gasteiger partial charge in [-0.15, -0.1) is 0 Å². The predicted molar refractivity (Wildman–Crippen MR) is 85.6 cm³/mol. The van der Waals surface area contributed by atoms with Gasteiger partial charge in [-0.05, 0) is 36.6 Å². The zero-order chi connectivity index (χ0) is 14.5. The molecular formula is C16H17BrN2O. The van der Waals surface area contributed by atoms with Crippen LogP contribution in [0.15, 0.2) is 53.0 Å². The Morgan fingerprint density at radius 1 is 1.20 bits per heavy atom. The van der Waals surface area contributed by atoms with E-state index in [-0.39, 0.29) is 5.91 Å². The second kappa shape index (κ2) is 6.68. The first kappa shape index (κ1) is 14.8. The number of carbonyl (C=O) groups is 1. The third kappa shape index (κ3) is 3.68. The number of hydrogen-bond acceptors (Lipinski definition) is 2. The van der Waals surface area contributed by atoms with Gasteiger partial charge in [-0.25, -0.2) is 0 Å². The second-order valence-corrected chi connectivity index (χ2v) is 5.55. The minimum absolute atomic E-state index is 0.171. The van der Waals surface area contributed by atoms with Gasteiger partial charge >= 0.3 is 0 Å². The van der Waals surface area contributed by atoms with Gasteiger partial charge in [0, 0.05) is 10.2 Å². The van der Waals surface area contributed by atoms with E-state index in [0.29, 0.717) is 6.42 Å². The normalized spacial score (nSPS) is 11.9. The number of benzene rings is 2. The Kier molecular flexibility index (Phi) is 4.93. The van der Waals surface area contributed by atoms with E-state index < -0.39 is 6.04 Å². The van der Waals surface area contributed by atoms with Crippen molar-refractivity contribution >= 4 is 27.5 Å². The molecule has 3 N–H and O–H groups in total. The van der Waals surface area contributed by atoms with Crippen LogP contribution < -0.4 is 11.1 Å². The first-order valence-corrected chi connectivity index (χ1v) is 7.22. The number of carbonyl (C=O) groups excluding carboxylic acids is 1. The fourth-order valence-electron chi connectivity index (χ4n) is 1.93. The highest BCUT2D eigenvalue weighted by molar-refractivity contribution is 9.10. The molecule has 0 saturated heterocycles. The molecule has 2 aromatic carbocycles. The molecule has 2 rings (SSSR count). The van der Waals surface area contributed by atoms with Crippen LogP contribution in [0.1, 0.15) is 11.1 Å². The third-order valence-electron chi connectivity index (χ3n) is 3.16. The summed E-state index contributed by atoms with van der Waals surface area (Å²) in [5.74, 6) is -0.171. The van der Waals surface area contributed by atoms with Crippen LogP contribution in [0, 0.1) is 6.92 Å². The molecule has 104 valence electrons. The molecule has 0 aliphatic heterocycles. The maximum absolute atomic E-state index is 12.1. The van der Waals surface area contributed by atoms with Crippen molar-refractivity contribution in [3.8, 4) is 0 Å². The van der Waals surface area contributed by atoms with Crippen LogP contribution in [0.5, 0.6) is 0 Å².